The van der Waals surface area contributed by atoms with Crippen molar-refractivity contribution in [2.24, 2.45) is 4.99 Å². The number of ether oxygens (including phenoxy) is 1. The number of nitrogens with one attached hydrogen (secondary N) is 1. The maximum atomic E-state index is 13.2. The molecule has 0 aromatic carbocycles. The summed E-state index contributed by atoms with van der Waals surface area (Å²) in [6.07, 6.45) is 5.97. The number of alkyl halides is 2. The van der Waals surface area contributed by atoms with E-state index in [1.807, 2.05) is 26.0 Å². The van der Waals surface area contributed by atoms with Gasteiger partial charge in [-0.2, -0.15) is 8.78 Å². The third-order valence-electron chi connectivity index (χ3n) is 5.34. The van der Waals surface area contributed by atoms with Crippen molar-refractivity contribution < 1.29 is 18.3 Å². The van der Waals surface area contributed by atoms with E-state index >= 15 is 0 Å². The van der Waals surface area contributed by atoms with Gasteiger partial charge in [-0.25, -0.2) is 15.0 Å². The topological polar surface area (TPSA) is 115 Å². The molecule has 4 rings (SSSR count). The molecule has 200 valence electrons. The van der Waals surface area contributed by atoms with Crippen LogP contribution in [-0.4, -0.2) is 56.3 Å². The molecule has 0 unspecified atom stereocenters. The quantitative estimate of drug-likeness (QED) is 0.145. The number of amides is 1. The van der Waals surface area contributed by atoms with Crippen LogP contribution in [0.1, 0.15) is 21.7 Å². The Morgan fingerprint density at radius 1 is 1.03 bits per heavy atom. The molecule has 4 heterocycles. The van der Waals surface area contributed by atoms with Gasteiger partial charge in [0.25, 0.3) is 11.7 Å². The van der Waals surface area contributed by atoms with Crippen molar-refractivity contribution in [3.05, 3.63) is 66.0 Å². The van der Waals surface area contributed by atoms with Crippen LogP contribution >= 0.6 is 23.5 Å². The Hall–Kier alpha value is -3.97. The molecular weight excluding hydrogens is 544 g/mol. The smallest absolute Gasteiger partial charge is 0.288 e. The van der Waals surface area contributed by atoms with Crippen LogP contribution in [0.4, 0.5) is 14.6 Å². The highest BCUT2D eigenvalue weighted by atomic mass is 32.2. The van der Waals surface area contributed by atoms with Gasteiger partial charge in [-0.1, -0.05) is 23.5 Å². The fourth-order valence-corrected chi connectivity index (χ4v) is 4.76. The van der Waals surface area contributed by atoms with Crippen LogP contribution in [-0.2, 0) is 0 Å². The molecule has 0 aliphatic rings. The lowest BCUT2D eigenvalue weighted by Gasteiger charge is -2.14. The van der Waals surface area contributed by atoms with Crippen LogP contribution in [0.5, 0.6) is 5.75 Å². The van der Waals surface area contributed by atoms with E-state index in [1.54, 1.807) is 25.4 Å². The van der Waals surface area contributed by atoms with Gasteiger partial charge < -0.3 is 10.1 Å². The first kappa shape index (κ1) is 28.0. The van der Waals surface area contributed by atoms with E-state index in [2.05, 4.69) is 41.9 Å². The molecule has 0 aliphatic heterocycles. The van der Waals surface area contributed by atoms with Gasteiger partial charge in [0.1, 0.15) is 16.5 Å². The second-order valence-electron chi connectivity index (χ2n) is 7.99. The number of carbonyl (C=O) groups is 1. The third-order valence-corrected chi connectivity index (χ3v) is 6.87. The largest absolute Gasteiger partial charge is 0.494 e. The Labute approximate surface area is 232 Å². The van der Waals surface area contributed by atoms with Crippen molar-refractivity contribution in [2.75, 3.05) is 13.0 Å². The Balaban J connectivity index is 1.52. The van der Waals surface area contributed by atoms with Gasteiger partial charge in [-0.05, 0) is 44.8 Å². The Bertz CT molecular complexity index is 1500. The van der Waals surface area contributed by atoms with E-state index in [-0.39, 0.29) is 17.6 Å². The lowest BCUT2D eigenvalue weighted by atomic mass is 9.99. The summed E-state index contributed by atoms with van der Waals surface area (Å²) in [5.41, 5.74) is 4.18. The predicted octanol–water partition coefficient (Wildman–Crippen LogP) is 5.75. The van der Waals surface area contributed by atoms with Crippen LogP contribution in [0.15, 0.2) is 64.0 Å². The second kappa shape index (κ2) is 12.7. The Kier molecular flexibility index (Phi) is 9.15. The summed E-state index contributed by atoms with van der Waals surface area (Å²) in [6, 6.07) is 6.81. The molecule has 0 radical (unpaired) electrons. The van der Waals surface area contributed by atoms with Gasteiger partial charge >= 0.3 is 0 Å². The van der Waals surface area contributed by atoms with E-state index in [4.69, 9.17) is 4.74 Å². The van der Waals surface area contributed by atoms with Crippen LogP contribution < -0.4 is 10.1 Å². The average molecular weight is 568 g/mol. The number of carbonyl (C=O) groups excluding carboxylic acids is 1. The standard InChI is InChI=1S/C26H23F2N7O2S2/c1-14-7-17(18-8-15(2)31-12-22(18)37-4)19(10-30-14)24(36)34-13-38-25-23(29-3)33-11-21(35-25)20-6-5-16(9-32-20)39-26(27)28/h5-12,26H,3,13H2,1-2,4H3,(H,34,36). The zero-order valence-corrected chi connectivity index (χ0v) is 22.8. The fourth-order valence-electron chi connectivity index (χ4n) is 3.55. The highest BCUT2D eigenvalue weighted by molar-refractivity contribution is 7.99. The molecule has 0 saturated heterocycles. The average Bonchev–Trinajstić information content (AvgIpc) is 2.93. The van der Waals surface area contributed by atoms with Crippen LogP contribution in [0.3, 0.4) is 0 Å². The first-order chi connectivity index (χ1) is 18.8. The van der Waals surface area contributed by atoms with E-state index in [1.165, 1.54) is 30.4 Å². The van der Waals surface area contributed by atoms with E-state index in [0.717, 1.165) is 17.0 Å². The summed E-state index contributed by atoms with van der Waals surface area (Å²) in [5.74, 6) is -1.89. The summed E-state index contributed by atoms with van der Waals surface area (Å²) in [7, 11) is 1.55. The van der Waals surface area contributed by atoms with Gasteiger partial charge in [-0.3, -0.25) is 19.7 Å². The zero-order valence-electron chi connectivity index (χ0n) is 21.2. The second-order valence-corrected chi connectivity index (χ2v) is 10.0. The van der Waals surface area contributed by atoms with Crippen LogP contribution in [0.2, 0.25) is 0 Å². The molecule has 0 bridgehead atoms. The van der Waals surface area contributed by atoms with Crippen LogP contribution in [0, 0.1) is 13.8 Å². The minimum atomic E-state index is -2.53. The van der Waals surface area contributed by atoms with Gasteiger partial charge in [-0.15, -0.1) is 0 Å². The minimum Gasteiger partial charge on any atom is -0.494 e. The summed E-state index contributed by atoms with van der Waals surface area (Å²) < 4.78 is 30.7. The zero-order chi connectivity index (χ0) is 27.9. The fraction of sp³-hybridized carbons (Fsp3) is 0.192. The van der Waals surface area contributed by atoms with Crippen molar-refractivity contribution in [1.29, 1.82) is 0 Å². The number of hydrogen-bond donors (Lipinski definition) is 1. The maximum Gasteiger partial charge on any atom is 0.288 e. The number of aromatic nitrogens is 5. The Morgan fingerprint density at radius 2 is 1.77 bits per heavy atom. The number of aryl methyl sites for hydroxylation is 2. The van der Waals surface area contributed by atoms with Crippen molar-refractivity contribution >= 4 is 42.0 Å². The highest BCUT2D eigenvalue weighted by Crippen LogP contribution is 2.33. The number of methoxy groups -OCH3 is 1. The molecule has 1 N–H and O–H groups in total. The number of hydrogen-bond acceptors (Lipinski definition) is 10. The number of halogens is 2. The van der Waals surface area contributed by atoms with Crippen LogP contribution in [0.25, 0.3) is 22.5 Å². The maximum absolute atomic E-state index is 13.2. The summed E-state index contributed by atoms with van der Waals surface area (Å²) in [5, 5.41) is 3.29. The molecular formula is C26H23F2N7O2S2. The normalized spacial score (nSPS) is 10.9. The molecule has 4 aromatic heterocycles. The van der Waals surface area contributed by atoms with Crippen molar-refractivity contribution in [3.8, 4) is 28.3 Å². The molecule has 13 heteroatoms. The number of nitrogens with zero attached hydrogens (tertiary/aromatic N) is 6. The molecule has 4 aromatic rings. The first-order valence-corrected chi connectivity index (χ1v) is 13.3. The summed E-state index contributed by atoms with van der Waals surface area (Å²) >= 11 is 1.62. The summed E-state index contributed by atoms with van der Waals surface area (Å²) in [4.78, 5) is 39.1. The molecule has 1 amide bonds. The Morgan fingerprint density at radius 3 is 2.44 bits per heavy atom. The minimum absolute atomic E-state index is 0.150. The van der Waals surface area contributed by atoms with Gasteiger partial charge in [0, 0.05) is 39.8 Å². The van der Waals surface area contributed by atoms with Crippen molar-refractivity contribution in [3.63, 3.8) is 0 Å². The molecule has 0 atom stereocenters. The van der Waals surface area contributed by atoms with E-state index in [0.29, 0.717) is 49.9 Å². The number of rotatable bonds is 10. The van der Waals surface area contributed by atoms with Gasteiger partial charge in [0.05, 0.1) is 36.6 Å². The molecule has 0 spiro atoms. The summed E-state index contributed by atoms with van der Waals surface area (Å²) in [6.45, 7) is 7.24. The van der Waals surface area contributed by atoms with Gasteiger partial charge in [0.15, 0.2) is 5.82 Å². The number of aliphatic imine (C=N–C) groups is 1. The van der Waals surface area contributed by atoms with Gasteiger partial charge in [0.2, 0.25) is 0 Å². The molecule has 0 fully saturated rings. The van der Waals surface area contributed by atoms with Crippen molar-refractivity contribution in [2.45, 2.75) is 29.5 Å². The number of thioether (sulfide) groups is 2. The highest BCUT2D eigenvalue weighted by Gasteiger charge is 2.18. The van der Waals surface area contributed by atoms with Crippen molar-refractivity contribution in [1.82, 2.24) is 30.2 Å². The number of pyridine rings is 3. The monoisotopic (exact) mass is 567 g/mol. The third kappa shape index (κ3) is 6.92. The first-order valence-electron chi connectivity index (χ1n) is 11.4. The molecule has 0 saturated carbocycles. The molecule has 0 aliphatic carbocycles. The van der Waals surface area contributed by atoms with E-state index in [9.17, 15) is 13.6 Å². The molecule has 9 nitrogen and oxygen atoms in total. The molecule has 39 heavy (non-hydrogen) atoms. The van der Waals surface area contributed by atoms with E-state index < -0.39 is 5.76 Å². The predicted molar refractivity (Wildman–Crippen MR) is 148 cm³/mol. The lowest BCUT2D eigenvalue weighted by molar-refractivity contribution is 0.0961. The SMILES string of the molecule is C=Nc1ncc(-c2ccc(SC(F)F)cn2)nc1SCNC(=O)c1cnc(C)cc1-c1cc(C)ncc1OC. The lowest BCUT2D eigenvalue weighted by Crippen LogP contribution is -2.24.